The van der Waals surface area contributed by atoms with E-state index < -0.39 is 5.41 Å². The predicted octanol–water partition coefficient (Wildman–Crippen LogP) is 4.22. The van der Waals surface area contributed by atoms with E-state index in [1.54, 1.807) is 7.11 Å². The van der Waals surface area contributed by atoms with Crippen LogP contribution in [0.3, 0.4) is 0 Å². The molecule has 0 saturated heterocycles. The Balaban J connectivity index is 1.49. The van der Waals surface area contributed by atoms with E-state index in [0.29, 0.717) is 6.54 Å². The summed E-state index contributed by atoms with van der Waals surface area (Å²) in [6.45, 7) is 0.604. The van der Waals surface area contributed by atoms with Crippen LogP contribution < -0.4 is 10.1 Å². The molecule has 1 fully saturated rings. The van der Waals surface area contributed by atoms with Gasteiger partial charge < -0.3 is 15.0 Å². The highest BCUT2D eigenvalue weighted by Crippen LogP contribution is 2.51. The van der Waals surface area contributed by atoms with Crippen molar-refractivity contribution in [3.63, 3.8) is 0 Å². The summed E-state index contributed by atoms with van der Waals surface area (Å²) in [7, 11) is 1.66. The zero-order chi connectivity index (χ0) is 18.1. The van der Waals surface area contributed by atoms with Gasteiger partial charge in [-0.05, 0) is 60.7 Å². The molecular weight excluding hydrogens is 348 g/mol. The van der Waals surface area contributed by atoms with Crippen LogP contribution in [0, 0.1) is 0 Å². The molecule has 1 aromatic heterocycles. The highest BCUT2D eigenvalue weighted by Gasteiger charge is 2.52. The van der Waals surface area contributed by atoms with Crippen molar-refractivity contribution in [1.82, 2.24) is 10.3 Å². The third kappa shape index (κ3) is 3.06. The minimum Gasteiger partial charge on any atom is -0.497 e. The van der Waals surface area contributed by atoms with Crippen LogP contribution >= 0.6 is 11.6 Å². The second kappa shape index (κ2) is 6.69. The summed E-state index contributed by atoms with van der Waals surface area (Å²) in [5.74, 6) is 0.902. The van der Waals surface area contributed by atoms with Gasteiger partial charge in [0.1, 0.15) is 5.75 Å². The number of hydrogen-bond donors (Lipinski definition) is 2. The largest absolute Gasteiger partial charge is 0.497 e. The van der Waals surface area contributed by atoms with Gasteiger partial charge in [0.25, 0.3) is 0 Å². The molecule has 0 unspecified atom stereocenters. The Morgan fingerprint density at radius 2 is 2.12 bits per heavy atom. The summed E-state index contributed by atoms with van der Waals surface area (Å²) in [6.07, 6.45) is 4.48. The first kappa shape index (κ1) is 17.0. The fourth-order valence-corrected chi connectivity index (χ4v) is 3.76. The fourth-order valence-electron chi connectivity index (χ4n) is 3.55. The van der Waals surface area contributed by atoms with E-state index in [-0.39, 0.29) is 5.91 Å². The summed E-state index contributed by atoms with van der Waals surface area (Å²) < 4.78 is 5.34. The monoisotopic (exact) mass is 368 g/mol. The lowest BCUT2D eigenvalue weighted by atomic mass is 9.94. The third-order valence-corrected chi connectivity index (χ3v) is 5.41. The maximum atomic E-state index is 12.9. The number of H-pyrrole nitrogens is 1. The quantitative estimate of drug-likeness (QED) is 0.684. The average molecular weight is 369 g/mol. The van der Waals surface area contributed by atoms with Crippen LogP contribution in [-0.4, -0.2) is 24.5 Å². The average Bonchev–Trinajstić information content (AvgIpc) is 3.34. The summed E-state index contributed by atoms with van der Waals surface area (Å²) >= 11 is 6.02. The van der Waals surface area contributed by atoms with Crippen LogP contribution in [0.2, 0.25) is 5.02 Å². The van der Waals surface area contributed by atoms with Crippen LogP contribution in [0.25, 0.3) is 10.9 Å². The first-order valence-corrected chi connectivity index (χ1v) is 9.18. The maximum Gasteiger partial charge on any atom is 0.230 e. The van der Waals surface area contributed by atoms with Crippen LogP contribution in [0.15, 0.2) is 48.7 Å². The number of aromatic nitrogens is 1. The molecule has 4 nitrogen and oxygen atoms in total. The van der Waals surface area contributed by atoms with E-state index in [1.165, 1.54) is 0 Å². The molecule has 26 heavy (non-hydrogen) atoms. The molecule has 0 bridgehead atoms. The van der Waals surface area contributed by atoms with Gasteiger partial charge in [-0.1, -0.05) is 23.7 Å². The van der Waals surface area contributed by atoms with Gasteiger partial charge in [0.05, 0.1) is 12.5 Å². The van der Waals surface area contributed by atoms with Crippen LogP contribution in [0.4, 0.5) is 0 Å². The molecule has 0 radical (unpaired) electrons. The molecule has 1 amide bonds. The number of hydrogen-bond acceptors (Lipinski definition) is 2. The second-order valence-electron chi connectivity index (χ2n) is 6.83. The van der Waals surface area contributed by atoms with Gasteiger partial charge in [-0.15, -0.1) is 0 Å². The van der Waals surface area contributed by atoms with E-state index in [2.05, 4.69) is 10.3 Å². The SMILES string of the molecule is COc1ccc2[nH]cc(C3(C(=O)NCCc4cccc(Cl)c4)CC3)c2c1. The number of amides is 1. The third-order valence-electron chi connectivity index (χ3n) is 5.18. The van der Waals surface area contributed by atoms with Crippen LogP contribution in [0.1, 0.15) is 24.0 Å². The number of carbonyl (C=O) groups is 1. The Labute approximate surface area is 157 Å². The molecule has 2 N–H and O–H groups in total. The molecule has 2 aromatic carbocycles. The van der Waals surface area contributed by atoms with Crippen molar-refractivity contribution in [2.75, 3.05) is 13.7 Å². The van der Waals surface area contributed by atoms with Gasteiger partial charge in [-0.2, -0.15) is 0 Å². The van der Waals surface area contributed by atoms with Crippen molar-refractivity contribution < 1.29 is 9.53 Å². The van der Waals surface area contributed by atoms with Gasteiger partial charge in [0.15, 0.2) is 0 Å². The summed E-state index contributed by atoms with van der Waals surface area (Å²) in [5, 5.41) is 4.89. The number of ether oxygens (including phenoxy) is 1. The number of halogens is 1. The minimum atomic E-state index is -0.418. The number of fused-ring (bicyclic) bond motifs is 1. The second-order valence-corrected chi connectivity index (χ2v) is 7.27. The molecule has 3 aromatic rings. The molecule has 0 atom stereocenters. The molecular formula is C21H21ClN2O2. The Morgan fingerprint density at radius 1 is 1.27 bits per heavy atom. The predicted molar refractivity (Wildman–Crippen MR) is 104 cm³/mol. The minimum absolute atomic E-state index is 0.100. The molecule has 1 heterocycles. The smallest absolute Gasteiger partial charge is 0.230 e. The van der Waals surface area contributed by atoms with Crippen LogP contribution in [-0.2, 0) is 16.6 Å². The van der Waals surface area contributed by atoms with E-state index >= 15 is 0 Å². The topological polar surface area (TPSA) is 54.1 Å². The van der Waals surface area contributed by atoms with Crippen molar-refractivity contribution in [3.05, 3.63) is 64.8 Å². The van der Waals surface area contributed by atoms with Gasteiger partial charge in [-0.25, -0.2) is 0 Å². The lowest BCUT2D eigenvalue weighted by molar-refractivity contribution is -0.123. The van der Waals surface area contributed by atoms with Crippen molar-refractivity contribution >= 4 is 28.4 Å². The van der Waals surface area contributed by atoms with Crippen molar-refractivity contribution in [2.24, 2.45) is 0 Å². The normalized spacial score (nSPS) is 15.0. The molecule has 0 spiro atoms. The molecule has 0 aliphatic heterocycles. The van der Waals surface area contributed by atoms with E-state index in [9.17, 15) is 4.79 Å². The van der Waals surface area contributed by atoms with E-state index in [0.717, 1.165) is 52.1 Å². The summed E-state index contributed by atoms with van der Waals surface area (Å²) in [4.78, 5) is 16.2. The lowest BCUT2D eigenvalue weighted by Gasteiger charge is -2.15. The molecule has 5 heteroatoms. The number of methoxy groups -OCH3 is 1. The molecule has 1 aliphatic rings. The Hall–Kier alpha value is -2.46. The summed E-state index contributed by atoms with van der Waals surface area (Å²) in [6, 6.07) is 13.7. The van der Waals surface area contributed by atoms with Crippen LogP contribution in [0.5, 0.6) is 5.75 Å². The Bertz CT molecular complexity index is 960. The lowest BCUT2D eigenvalue weighted by Crippen LogP contribution is -2.35. The Morgan fingerprint density at radius 3 is 2.85 bits per heavy atom. The number of aromatic amines is 1. The van der Waals surface area contributed by atoms with E-state index in [4.69, 9.17) is 16.3 Å². The van der Waals surface area contributed by atoms with E-state index in [1.807, 2.05) is 48.7 Å². The first-order valence-electron chi connectivity index (χ1n) is 8.81. The number of rotatable bonds is 6. The van der Waals surface area contributed by atoms with Gasteiger partial charge >= 0.3 is 0 Å². The van der Waals surface area contributed by atoms with Crippen molar-refractivity contribution in [1.29, 1.82) is 0 Å². The standard InChI is InChI=1S/C21H21ClN2O2/c1-26-16-5-6-19-17(12-16)18(13-24-19)21(8-9-21)20(25)23-10-7-14-3-2-4-15(22)11-14/h2-6,11-13,24H,7-10H2,1H3,(H,23,25). The maximum absolute atomic E-state index is 12.9. The summed E-state index contributed by atoms with van der Waals surface area (Å²) in [5.41, 5.74) is 2.80. The van der Waals surface area contributed by atoms with Crippen molar-refractivity contribution in [2.45, 2.75) is 24.7 Å². The van der Waals surface area contributed by atoms with Crippen molar-refractivity contribution in [3.8, 4) is 5.75 Å². The zero-order valence-electron chi connectivity index (χ0n) is 14.6. The number of carbonyl (C=O) groups excluding carboxylic acids is 1. The number of benzene rings is 2. The fraction of sp³-hybridized carbons (Fsp3) is 0.286. The molecule has 1 saturated carbocycles. The molecule has 4 rings (SSSR count). The molecule has 1 aliphatic carbocycles. The first-order chi connectivity index (χ1) is 12.6. The number of nitrogens with one attached hydrogen (secondary N) is 2. The van der Waals surface area contributed by atoms with Gasteiger partial charge in [0, 0.05) is 28.7 Å². The van der Waals surface area contributed by atoms with Gasteiger partial charge in [-0.3, -0.25) is 4.79 Å². The molecule has 134 valence electrons. The highest BCUT2D eigenvalue weighted by atomic mass is 35.5. The van der Waals surface area contributed by atoms with Gasteiger partial charge in [0.2, 0.25) is 5.91 Å². The zero-order valence-corrected chi connectivity index (χ0v) is 15.4. The Kier molecular flexibility index (Phi) is 4.37. The highest BCUT2D eigenvalue weighted by molar-refractivity contribution is 6.30.